The van der Waals surface area contributed by atoms with Gasteiger partial charge in [-0.3, -0.25) is 10.1 Å². The highest BCUT2D eigenvalue weighted by atomic mass is 32.2. The molecule has 0 radical (unpaired) electrons. The van der Waals surface area contributed by atoms with Crippen LogP contribution in [0.15, 0.2) is 39.9 Å². The van der Waals surface area contributed by atoms with Gasteiger partial charge in [-0.2, -0.15) is 9.94 Å². The molecule has 0 unspecified atom stereocenters. The maximum absolute atomic E-state index is 12.2. The van der Waals surface area contributed by atoms with Gasteiger partial charge in [-0.1, -0.05) is 30.0 Å². The van der Waals surface area contributed by atoms with Gasteiger partial charge in [-0.05, 0) is 36.4 Å². The fourth-order valence-electron chi connectivity index (χ4n) is 2.14. The number of aryl methyl sites for hydroxylation is 1. The first-order valence-corrected chi connectivity index (χ1v) is 8.35. The molecule has 9 heteroatoms. The lowest BCUT2D eigenvalue weighted by Gasteiger charge is -2.04. The smallest absolute Gasteiger partial charge is 0.237 e. The Morgan fingerprint density at radius 3 is 2.84 bits per heavy atom. The molecule has 0 atom stereocenters. The van der Waals surface area contributed by atoms with Crippen molar-refractivity contribution in [2.75, 3.05) is 11.1 Å². The number of benzene rings is 1. The Labute approximate surface area is 147 Å². The Morgan fingerprint density at radius 2 is 2.12 bits per heavy atom. The number of hydrogen-bond donors (Lipinski definition) is 1. The summed E-state index contributed by atoms with van der Waals surface area (Å²) in [7, 11) is 0. The second-order valence-electron chi connectivity index (χ2n) is 5.14. The van der Waals surface area contributed by atoms with E-state index in [1.165, 1.54) is 11.8 Å². The predicted molar refractivity (Wildman–Crippen MR) is 91.4 cm³/mol. The van der Waals surface area contributed by atoms with Crippen LogP contribution in [0.4, 0.5) is 5.88 Å². The van der Waals surface area contributed by atoms with Crippen LogP contribution in [0, 0.1) is 25.2 Å². The molecular formula is C16H14N6O2S. The Kier molecular flexibility index (Phi) is 4.81. The molecule has 0 aliphatic rings. The van der Waals surface area contributed by atoms with Crippen molar-refractivity contribution in [2.45, 2.75) is 19.0 Å². The normalized spacial score (nSPS) is 10.4. The van der Waals surface area contributed by atoms with Crippen molar-refractivity contribution in [1.82, 2.24) is 20.2 Å². The summed E-state index contributed by atoms with van der Waals surface area (Å²) in [4.78, 5) is 12.2. The van der Waals surface area contributed by atoms with E-state index in [0.717, 1.165) is 11.3 Å². The summed E-state index contributed by atoms with van der Waals surface area (Å²) in [5.74, 6) is 0.549. The number of nitrogens with one attached hydrogen (secondary N) is 1. The average molecular weight is 354 g/mol. The first-order chi connectivity index (χ1) is 12.1. The van der Waals surface area contributed by atoms with Crippen LogP contribution < -0.4 is 5.32 Å². The molecule has 0 fully saturated rings. The van der Waals surface area contributed by atoms with Crippen LogP contribution in [0.2, 0.25) is 0 Å². The molecule has 0 bridgehead atoms. The summed E-state index contributed by atoms with van der Waals surface area (Å²) in [6.07, 6.45) is 0. The highest BCUT2D eigenvalue weighted by Crippen LogP contribution is 2.26. The van der Waals surface area contributed by atoms with E-state index in [1.54, 1.807) is 18.5 Å². The number of rotatable bonds is 5. The predicted octanol–water partition coefficient (Wildman–Crippen LogP) is 2.47. The third-order valence-corrected chi connectivity index (χ3v) is 4.44. The molecule has 3 aromatic rings. The van der Waals surface area contributed by atoms with Crippen molar-refractivity contribution in [3.63, 3.8) is 0 Å². The topological polar surface area (TPSA) is 110 Å². The van der Waals surface area contributed by atoms with Crippen LogP contribution in [0.5, 0.6) is 0 Å². The molecule has 2 heterocycles. The minimum atomic E-state index is -0.308. The molecule has 126 valence electrons. The van der Waals surface area contributed by atoms with Gasteiger partial charge in [0.15, 0.2) is 0 Å². The number of aromatic nitrogens is 4. The van der Waals surface area contributed by atoms with Gasteiger partial charge in [-0.15, -0.1) is 5.10 Å². The molecule has 0 aliphatic heterocycles. The maximum Gasteiger partial charge on any atom is 0.237 e. The van der Waals surface area contributed by atoms with E-state index in [2.05, 4.69) is 20.8 Å². The average Bonchev–Trinajstić information content (AvgIpc) is 3.19. The van der Waals surface area contributed by atoms with E-state index in [-0.39, 0.29) is 17.5 Å². The van der Waals surface area contributed by atoms with Crippen LogP contribution in [0.1, 0.15) is 16.9 Å². The monoisotopic (exact) mass is 354 g/mol. The van der Waals surface area contributed by atoms with E-state index in [1.807, 2.05) is 36.4 Å². The van der Waals surface area contributed by atoms with E-state index < -0.39 is 0 Å². The van der Waals surface area contributed by atoms with E-state index in [0.29, 0.717) is 16.5 Å². The van der Waals surface area contributed by atoms with Crippen LogP contribution >= 0.6 is 11.8 Å². The second kappa shape index (κ2) is 7.19. The molecule has 1 amide bonds. The van der Waals surface area contributed by atoms with Gasteiger partial charge in [0, 0.05) is 5.56 Å². The molecule has 25 heavy (non-hydrogen) atoms. The van der Waals surface area contributed by atoms with Gasteiger partial charge in [0.05, 0.1) is 11.4 Å². The Morgan fingerprint density at radius 1 is 1.36 bits per heavy atom. The van der Waals surface area contributed by atoms with Crippen LogP contribution in [-0.2, 0) is 4.79 Å². The number of para-hydroxylation sites is 1. The number of anilines is 1. The van der Waals surface area contributed by atoms with Crippen molar-refractivity contribution < 1.29 is 9.21 Å². The molecular weight excluding hydrogens is 340 g/mol. The van der Waals surface area contributed by atoms with Crippen molar-refractivity contribution >= 4 is 23.6 Å². The van der Waals surface area contributed by atoms with Crippen LogP contribution in [-0.4, -0.2) is 31.9 Å². The zero-order chi connectivity index (χ0) is 17.8. The molecule has 0 saturated carbocycles. The number of tetrazole rings is 1. The lowest BCUT2D eigenvalue weighted by Crippen LogP contribution is -2.15. The van der Waals surface area contributed by atoms with Gasteiger partial charge < -0.3 is 4.42 Å². The second-order valence-corrected chi connectivity index (χ2v) is 6.09. The minimum absolute atomic E-state index is 0.0802. The highest BCUT2D eigenvalue weighted by Gasteiger charge is 2.17. The summed E-state index contributed by atoms with van der Waals surface area (Å²) < 4.78 is 6.98. The largest absolute Gasteiger partial charge is 0.444 e. The SMILES string of the molecule is Cc1oc(NC(=O)CSc2nnnn2-c2ccccc2)c(C#N)c1C. The number of furan rings is 1. The van der Waals surface area contributed by atoms with E-state index in [4.69, 9.17) is 4.42 Å². The zero-order valence-corrected chi connectivity index (χ0v) is 14.4. The number of amides is 1. The molecule has 2 aromatic heterocycles. The minimum Gasteiger partial charge on any atom is -0.444 e. The van der Waals surface area contributed by atoms with Crippen molar-refractivity contribution in [3.05, 3.63) is 47.2 Å². The van der Waals surface area contributed by atoms with Crippen molar-refractivity contribution in [2.24, 2.45) is 0 Å². The quantitative estimate of drug-likeness (QED) is 0.701. The summed E-state index contributed by atoms with van der Waals surface area (Å²) >= 11 is 1.19. The lowest BCUT2D eigenvalue weighted by atomic mass is 10.2. The molecule has 1 aromatic carbocycles. The number of thioether (sulfide) groups is 1. The Hall–Kier alpha value is -3.12. The Bertz CT molecular complexity index is 941. The first kappa shape index (κ1) is 16.7. The highest BCUT2D eigenvalue weighted by molar-refractivity contribution is 7.99. The van der Waals surface area contributed by atoms with Crippen LogP contribution in [0.25, 0.3) is 5.69 Å². The number of carbonyl (C=O) groups is 1. The zero-order valence-electron chi connectivity index (χ0n) is 13.6. The molecule has 8 nitrogen and oxygen atoms in total. The van der Waals surface area contributed by atoms with Gasteiger partial charge in [0.25, 0.3) is 0 Å². The third kappa shape index (κ3) is 3.54. The van der Waals surface area contributed by atoms with Crippen LogP contribution in [0.3, 0.4) is 0 Å². The number of hydrogen-bond acceptors (Lipinski definition) is 7. The van der Waals surface area contributed by atoms with Gasteiger partial charge >= 0.3 is 0 Å². The lowest BCUT2D eigenvalue weighted by molar-refractivity contribution is -0.113. The van der Waals surface area contributed by atoms with Crippen molar-refractivity contribution in [1.29, 1.82) is 5.26 Å². The van der Waals surface area contributed by atoms with E-state index >= 15 is 0 Å². The molecule has 0 aliphatic carbocycles. The van der Waals surface area contributed by atoms with Gasteiger partial charge in [0.2, 0.25) is 16.9 Å². The Balaban J connectivity index is 1.68. The fraction of sp³-hybridized carbons (Fsp3) is 0.188. The molecule has 0 spiro atoms. The number of carbonyl (C=O) groups excluding carboxylic acids is 1. The van der Waals surface area contributed by atoms with Gasteiger partial charge in [0.1, 0.15) is 17.4 Å². The third-order valence-electron chi connectivity index (χ3n) is 3.52. The summed E-state index contributed by atoms with van der Waals surface area (Å²) in [5, 5.41) is 23.8. The number of nitriles is 1. The number of nitrogens with zero attached hydrogens (tertiary/aromatic N) is 5. The fourth-order valence-corrected chi connectivity index (χ4v) is 2.83. The first-order valence-electron chi connectivity index (χ1n) is 7.36. The van der Waals surface area contributed by atoms with Gasteiger partial charge in [-0.25, -0.2) is 0 Å². The summed E-state index contributed by atoms with van der Waals surface area (Å²) in [6, 6.07) is 11.4. The van der Waals surface area contributed by atoms with E-state index in [9.17, 15) is 10.1 Å². The summed E-state index contributed by atoms with van der Waals surface area (Å²) in [5.41, 5.74) is 1.86. The molecule has 3 rings (SSSR count). The summed E-state index contributed by atoms with van der Waals surface area (Å²) in [6.45, 7) is 3.52. The standard InChI is InChI=1S/C16H14N6O2S/c1-10-11(2)24-15(13(10)8-17)18-14(23)9-25-16-19-20-21-22(16)12-6-4-3-5-7-12/h3-7H,9H2,1-2H3,(H,18,23). The molecule has 1 N–H and O–H groups in total. The maximum atomic E-state index is 12.2. The van der Waals surface area contributed by atoms with Crippen molar-refractivity contribution in [3.8, 4) is 11.8 Å². The molecule has 0 saturated heterocycles.